The molecule has 3 aromatic rings. The summed E-state index contributed by atoms with van der Waals surface area (Å²) in [7, 11) is 0. The highest BCUT2D eigenvalue weighted by Crippen LogP contribution is 2.32. The molecule has 0 unspecified atom stereocenters. The van der Waals surface area contributed by atoms with Crippen LogP contribution in [0.3, 0.4) is 0 Å². The lowest BCUT2D eigenvalue weighted by molar-refractivity contribution is 0.102. The van der Waals surface area contributed by atoms with Gasteiger partial charge in [0.05, 0.1) is 28.7 Å². The third-order valence-corrected chi connectivity index (χ3v) is 5.44. The second-order valence-electron chi connectivity index (χ2n) is 5.90. The fourth-order valence-corrected chi connectivity index (χ4v) is 3.70. The molecule has 3 rings (SSSR count). The molecule has 1 N–H and O–H groups in total. The van der Waals surface area contributed by atoms with Crippen molar-refractivity contribution in [1.82, 2.24) is 9.78 Å². The van der Waals surface area contributed by atoms with Crippen LogP contribution in [0.2, 0.25) is 0 Å². The van der Waals surface area contributed by atoms with Crippen molar-refractivity contribution in [2.45, 2.75) is 27.7 Å². The number of nitrogens with one attached hydrogen (secondary N) is 1. The van der Waals surface area contributed by atoms with E-state index >= 15 is 0 Å². The Morgan fingerprint density at radius 2 is 1.96 bits per heavy atom. The van der Waals surface area contributed by atoms with Crippen molar-refractivity contribution in [3.8, 4) is 11.8 Å². The summed E-state index contributed by atoms with van der Waals surface area (Å²) in [6.45, 7) is 7.70. The maximum atomic E-state index is 12.7. The quantitative estimate of drug-likeness (QED) is 0.766. The van der Waals surface area contributed by atoms with Gasteiger partial charge in [-0.05, 0) is 44.9 Å². The molecule has 0 aliphatic carbocycles. The van der Waals surface area contributed by atoms with Gasteiger partial charge in [0.2, 0.25) is 0 Å². The van der Waals surface area contributed by atoms with Gasteiger partial charge in [0.1, 0.15) is 11.1 Å². The molecule has 2 aromatic heterocycles. The van der Waals surface area contributed by atoms with Gasteiger partial charge in [-0.1, -0.05) is 18.2 Å². The maximum Gasteiger partial charge on any atom is 0.259 e. The second-order valence-corrected chi connectivity index (χ2v) is 7.12. The first-order valence-electron chi connectivity index (χ1n) is 7.86. The van der Waals surface area contributed by atoms with Gasteiger partial charge in [-0.15, -0.1) is 11.3 Å². The molecule has 0 spiro atoms. The number of amides is 1. The Hall–Kier alpha value is -2.91. The number of anilines is 1. The molecular weight excluding hydrogens is 332 g/mol. The van der Waals surface area contributed by atoms with Gasteiger partial charge in [0.15, 0.2) is 0 Å². The number of rotatable bonds is 3. The predicted octanol–water partition coefficient (Wildman–Crippen LogP) is 4.29. The first kappa shape index (κ1) is 16.9. The largest absolute Gasteiger partial charge is 0.312 e. The zero-order chi connectivity index (χ0) is 18.1. The Bertz CT molecular complexity index is 1010. The standard InChI is InChI=1S/C19H18N4OS/c1-11-7-5-6-8-17(11)23-13(3)16(10-21-23)18(24)22-19-15(9-20)12(2)14(4)25-19/h5-8,10H,1-4H3,(H,22,24). The van der Waals surface area contributed by atoms with Crippen LogP contribution >= 0.6 is 11.3 Å². The number of carbonyl (C=O) groups is 1. The second kappa shape index (κ2) is 6.54. The van der Waals surface area contributed by atoms with Gasteiger partial charge >= 0.3 is 0 Å². The summed E-state index contributed by atoms with van der Waals surface area (Å²) in [4.78, 5) is 13.7. The van der Waals surface area contributed by atoms with Gasteiger partial charge in [-0.3, -0.25) is 4.79 Å². The highest BCUT2D eigenvalue weighted by molar-refractivity contribution is 7.16. The van der Waals surface area contributed by atoms with E-state index < -0.39 is 0 Å². The summed E-state index contributed by atoms with van der Waals surface area (Å²) in [5, 5.41) is 17.1. The summed E-state index contributed by atoms with van der Waals surface area (Å²) >= 11 is 1.42. The molecule has 25 heavy (non-hydrogen) atoms. The summed E-state index contributed by atoms with van der Waals surface area (Å²) in [5.74, 6) is -0.255. The molecule has 1 aromatic carbocycles. The smallest absolute Gasteiger partial charge is 0.259 e. The average molecular weight is 350 g/mol. The van der Waals surface area contributed by atoms with Crippen molar-refractivity contribution in [3.05, 3.63) is 63.3 Å². The highest BCUT2D eigenvalue weighted by atomic mass is 32.1. The van der Waals surface area contributed by atoms with Gasteiger partial charge in [0.25, 0.3) is 5.91 Å². The SMILES string of the molecule is Cc1ccccc1-n1ncc(C(=O)Nc2sc(C)c(C)c2C#N)c1C. The lowest BCUT2D eigenvalue weighted by atomic mass is 10.1. The minimum atomic E-state index is -0.255. The summed E-state index contributed by atoms with van der Waals surface area (Å²) in [6, 6.07) is 10.1. The number of nitrogens with zero attached hydrogens (tertiary/aromatic N) is 3. The average Bonchev–Trinajstić information content (AvgIpc) is 3.08. The van der Waals surface area contributed by atoms with E-state index in [4.69, 9.17) is 0 Å². The monoisotopic (exact) mass is 350 g/mol. The van der Waals surface area contributed by atoms with Crippen LogP contribution in [0, 0.1) is 39.0 Å². The van der Waals surface area contributed by atoms with Crippen LogP contribution < -0.4 is 5.32 Å². The van der Waals surface area contributed by atoms with E-state index in [1.165, 1.54) is 11.3 Å². The van der Waals surface area contributed by atoms with Crippen molar-refractivity contribution >= 4 is 22.2 Å². The van der Waals surface area contributed by atoms with Crippen LogP contribution in [0.5, 0.6) is 0 Å². The third-order valence-electron chi connectivity index (χ3n) is 4.32. The fraction of sp³-hybridized carbons (Fsp3) is 0.211. The molecule has 1 amide bonds. The molecule has 5 nitrogen and oxygen atoms in total. The molecule has 0 fully saturated rings. The number of carbonyl (C=O) groups excluding carboxylic acids is 1. The molecule has 0 saturated heterocycles. The van der Waals surface area contributed by atoms with Gasteiger partial charge in [-0.2, -0.15) is 10.4 Å². The lowest BCUT2D eigenvalue weighted by Gasteiger charge is -2.08. The number of benzene rings is 1. The molecule has 0 radical (unpaired) electrons. The van der Waals surface area contributed by atoms with Gasteiger partial charge in [0, 0.05) is 4.88 Å². The lowest BCUT2D eigenvalue weighted by Crippen LogP contribution is -2.13. The Kier molecular flexibility index (Phi) is 4.43. The van der Waals surface area contributed by atoms with Crippen LogP contribution in [0.4, 0.5) is 5.00 Å². The molecule has 0 saturated carbocycles. The van der Waals surface area contributed by atoms with Gasteiger partial charge in [-0.25, -0.2) is 4.68 Å². The Morgan fingerprint density at radius 1 is 1.24 bits per heavy atom. The minimum absolute atomic E-state index is 0.255. The minimum Gasteiger partial charge on any atom is -0.312 e. The number of aryl methyl sites for hydroxylation is 2. The number of para-hydroxylation sites is 1. The molecule has 0 aliphatic heterocycles. The maximum absolute atomic E-state index is 12.7. The van der Waals surface area contributed by atoms with Crippen molar-refractivity contribution < 1.29 is 4.79 Å². The van der Waals surface area contributed by atoms with Crippen LogP contribution in [0.15, 0.2) is 30.5 Å². The van der Waals surface area contributed by atoms with Crippen molar-refractivity contribution in [2.75, 3.05) is 5.32 Å². The molecule has 2 heterocycles. The van der Waals surface area contributed by atoms with E-state index in [0.717, 1.165) is 27.4 Å². The van der Waals surface area contributed by atoms with Crippen molar-refractivity contribution in [3.63, 3.8) is 0 Å². The van der Waals surface area contributed by atoms with E-state index in [1.54, 1.807) is 10.9 Å². The van der Waals surface area contributed by atoms with Crippen molar-refractivity contribution in [2.24, 2.45) is 0 Å². The van der Waals surface area contributed by atoms with Crippen molar-refractivity contribution in [1.29, 1.82) is 5.26 Å². The molecule has 0 aliphatic rings. The number of nitriles is 1. The predicted molar refractivity (Wildman–Crippen MR) is 99.5 cm³/mol. The molecule has 0 atom stereocenters. The van der Waals surface area contributed by atoms with Crippen LogP contribution in [-0.4, -0.2) is 15.7 Å². The number of aromatic nitrogens is 2. The molecule has 6 heteroatoms. The number of hydrogen-bond donors (Lipinski definition) is 1. The van der Waals surface area contributed by atoms with Crippen LogP contribution in [0.1, 0.15) is 37.6 Å². The van der Waals surface area contributed by atoms with Crippen LogP contribution in [0.25, 0.3) is 5.69 Å². The van der Waals surface area contributed by atoms with E-state index in [9.17, 15) is 10.1 Å². The molecule has 0 bridgehead atoms. The Labute approximate surface area is 150 Å². The summed E-state index contributed by atoms with van der Waals surface area (Å²) in [6.07, 6.45) is 1.57. The zero-order valence-corrected chi connectivity index (χ0v) is 15.4. The first-order chi connectivity index (χ1) is 11.9. The highest BCUT2D eigenvalue weighted by Gasteiger charge is 2.19. The topological polar surface area (TPSA) is 70.7 Å². The van der Waals surface area contributed by atoms with E-state index in [-0.39, 0.29) is 5.91 Å². The fourth-order valence-electron chi connectivity index (χ4n) is 2.70. The Balaban J connectivity index is 1.94. The van der Waals surface area contributed by atoms with E-state index in [1.807, 2.05) is 52.0 Å². The number of thiophene rings is 1. The van der Waals surface area contributed by atoms with E-state index in [0.29, 0.717) is 16.1 Å². The summed E-state index contributed by atoms with van der Waals surface area (Å²) < 4.78 is 1.76. The van der Waals surface area contributed by atoms with Gasteiger partial charge < -0.3 is 5.32 Å². The zero-order valence-electron chi connectivity index (χ0n) is 14.5. The Morgan fingerprint density at radius 3 is 2.64 bits per heavy atom. The molecule has 126 valence electrons. The number of hydrogen-bond acceptors (Lipinski definition) is 4. The normalized spacial score (nSPS) is 10.5. The first-order valence-corrected chi connectivity index (χ1v) is 8.67. The third kappa shape index (κ3) is 2.94. The summed E-state index contributed by atoms with van der Waals surface area (Å²) in [5.41, 5.74) is 4.72. The molecular formula is C19H18N4OS. The van der Waals surface area contributed by atoms with E-state index in [2.05, 4.69) is 16.5 Å². The van der Waals surface area contributed by atoms with Crippen LogP contribution in [-0.2, 0) is 0 Å².